The number of nitrogens with one attached hydrogen (secondary N) is 2. The van der Waals surface area contributed by atoms with E-state index in [1.165, 1.54) is 6.20 Å². The number of anilines is 1. The Morgan fingerprint density at radius 3 is 2.79 bits per heavy atom. The van der Waals surface area contributed by atoms with Crippen molar-refractivity contribution >= 4 is 11.6 Å². The molecular weight excluding hydrogens is 242 g/mol. The van der Waals surface area contributed by atoms with Crippen molar-refractivity contribution in [3.63, 3.8) is 0 Å². The van der Waals surface area contributed by atoms with Crippen LogP contribution >= 0.6 is 0 Å². The third-order valence-corrected chi connectivity index (χ3v) is 2.82. The third kappa shape index (κ3) is 2.88. The molecule has 2 N–H and O–H groups in total. The first-order valence-electron chi connectivity index (χ1n) is 6.07. The molecule has 0 aliphatic carbocycles. The molecule has 1 heterocycles. The van der Waals surface area contributed by atoms with Crippen LogP contribution in [0.25, 0.3) is 0 Å². The van der Waals surface area contributed by atoms with Crippen LogP contribution in [0.3, 0.4) is 0 Å². The molecule has 2 rings (SSSR count). The van der Waals surface area contributed by atoms with E-state index in [9.17, 15) is 9.59 Å². The standard InChI is InChI=1S/C14H15N3O2/c1-3-10-6-4-5-7-12(10)17-14(19)11-8-15-9(2)16-13(11)18/h4-8H,3H2,1-2H3,(H,17,19)(H,15,16,18). The van der Waals surface area contributed by atoms with Gasteiger partial charge in [0.15, 0.2) is 0 Å². The number of rotatable bonds is 3. The molecule has 0 fully saturated rings. The molecule has 5 nitrogen and oxygen atoms in total. The molecule has 0 radical (unpaired) electrons. The van der Waals surface area contributed by atoms with Crippen LogP contribution < -0.4 is 10.9 Å². The minimum Gasteiger partial charge on any atom is -0.322 e. The second kappa shape index (κ2) is 5.48. The first-order chi connectivity index (χ1) is 9.11. The topological polar surface area (TPSA) is 74.8 Å². The molecule has 1 aromatic heterocycles. The number of hydrogen-bond donors (Lipinski definition) is 2. The van der Waals surface area contributed by atoms with Crippen LogP contribution in [0.4, 0.5) is 5.69 Å². The lowest BCUT2D eigenvalue weighted by Gasteiger charge is -2.09. The average molecular weight is 257 g/mol. The maximum atomic E-state index is 12.0. The van der Waals surface area contributed by atoms with E-state index in [2.05, 4.69) is 15.3 Å². The number of carbonyl (C=O) groups excluding carboxylic acids is 1. The van der Waals surface area contributed by atoms with Gasteiger partial charge in [-0.25, -0.2) is 4.98 Å². The van der Waals surface area contributed by atoms with Crippen LogP contribution in [0, 0.1) is 6.92 Å². The summed E-state index contributed by atoms with van der Waals surface area (Å²) in [6.45, 7) is 3.67. The van der Waals surface area contributed by atoms with Crippen LogP contribution in [0.2, 0.25) is 0 Å². The molecule has 1 aromatic carbocycles. The molecule has 0 aliphatic heterocycles. The maximum absolute atomic E-state index is 12.0. The Kier molecular flexibility index (Phi) is 3.75. The van der Waals surface area contributed by atoms with Crippen molar-refractivity contribution in [2.24, 2.45) is 0 Å². The second-order valence-corrected chi connectivity index (χ2v) is 4.18. The number of para-hydroxylation sites is 1. The minimum atomic E-state index is -0.449. The Bertz CT molecular complexity index is 662. The van der Waals surface area contributed by atoms with Gasteiger partial charge in [0.25, 0.3) is 11.5 Å². The summed E-state index contributed by atoms with van der Waals surface area (Å²) in [6, 6.07) is 7.50. The molecule has 1 amide bonds. The van der Waals surface area contributed by atoms with Crippen molar-refractivity contribution in [3.05, 3.63) is 57.8 Å². The van der Waals surface area contributed by atoms with Gasteiger partial charge >= 0.3 is 0 Å². The molecule has 98 valence electrons. The molecule has 0 saturated heterocycles. The monoisotopic (exact) mass is 257 g/mol. The van der Waals surface area contributed by atoms with Gasteiger partial charge in [0.2, 0.25) is 0 Å². The molecule has 0 aliphatic rings. The van der Waals surface area contributed by atoms with E-state index >= 15 is 0 Å². The van der Waals surface area contributed by atoms with Crippen molar-refractivity contribution in [3.8, 4) is 0 Å². The largest absolute Gasteiger partial charge is 0.322 e. The van der Waals surface area contributed by atoms with Gasteiger partial charge in [-0.1, -0.05) is 25.1 Å². The molecule has 19 heavy (non-hydrogen) atoms. The first-order valence-corrected chi connectivity index (χ1v) is 6.07. The summed E-state index contributed by atoms with van der Waals surface area (Å²) in [5.74, 6) is 0.0326. The number of nitrogens with zero attached hydrogens (tertiary/aromatic N) is 1. The van der Waals surface area contributed by atoms with Gasteiger partial charge in [-0.2, -0.15) is 0 Å². The third-order valence-electron chi connectivity index (χ3n) is 2.82. The van der Waals surface area contributed by atoms with Crippen LogP contribution in [0.1, 0.15) is 28.7 Å². The minimum absolute atomic E-state index is 0.0107. The van der Waals surface area contributed by atoms with Crippen molar-refractivity contribution in [1.29, 1.82) is 0 Å². The lowest BCUT2D eigenvalue weighted by Crippen LogP contribution is -2.24. The highest BCUT2D eigenvalue weighted by Gasteiger charge is 2.12. The van der Waals surface area contributed by atoms with Gasteiger partial charge in [-0.3, -0.25) is 9.59 Å². The van der Waals surface area contributed by atoms with Crippen molar-refractivity contribution in [1.82, 2.24) is 9.97 Å². The number of benzene rings is 1. The summed E-state index contributed by atoms with van der Waals surface area (Å²) in [6.07, 6.45) is 2.09. The molecule has 0 atom stereocenters. The van der Waals surface area contributed by atoms with Crippen molar-refractivity contribution < 1.29 is 4.79 Å². The highest BCUT2D eigenvalue weighted by molar-refractivity contribution is 6.04. The Morgan fingerprint density at radius 1 is 1.37 bits per heavy atom. The van der Waals surface area contributed by atoms with E-state index in [1.54, 1.807) is 6.92 Å². The highest BCUT2D eigenvalue weighted by Crippen LogP contribution is 2.15. The van der Waals surface area contributed by atoms with E-state index in [0.717, 1.165) is 17.7 Å². The zero-order chi connectivity index (χ0) is 13.8. The SMILES string of the molecule is CCc1ccccc1NC(=O)c1cnc(C)[nH]c1=O. The quantitative estimate of drug-likeness (QED) is 0.881. The lowest BCUT2D eigenvalue weighted by atomic mass is 10.1. The summed E-state index contributed by atoms with van der Waals surface area (Å²) in [7, 11) is 0. The smallest absolute Gasteiger partial charge is 0.263 e. The van der Waals surface area contributed by atoms with E-state index in [0.29, 0.717) is 5.82 Å². The first kappa shape index (κ1) is 13.0. The van der Waals surface area contributed by atoms with Crippen molar-refractivity contribution in [2.75, 3.05) is 5.32 Å². The molecular formula is C14H15N3O2. The van der Waals surface area contributed by atoms with E-state index < -0.39 is 11.5 Å². The number of H-pyrrole nitrogens is 1. The lowest BCUT2D eigenvalue weighted by molar-refractivity contribution is 0.102. The maximum Gasteiger partial charge on any atom is 0.263 e. The van der Waals surface area contributed by atoms with Gasteiger partial charge in [-0.15, -0.1) is 0 Å². The van der Waals surface area contributed by atoms with Crippen LogP contribution in [0.15, 0.2) is 35.3 Å². The van der Waals surface area contributed by atoms with Gasteiger partial charge in [0.05, 0.1) is 0 Å². The van der Waals surface area contributed by atoms with Gasteiger partial charge in [0.1, 0.15) is 11.4 Å². The number of aryl methyl sites for hydroxylation is 2. The molecule has 0 bridgehead atoms. The zero-order valence-corrected chi connectivity index (χ0v) is 10.9. The van der Waals surface area contributed by atoms with Gasteiger partial charge in [0, 0.05) is 11.9 Å². The molecule has 0 spiro atoms. The number of aromatic amines is 1. The molecule has 0 unspecified atom stereocenters. The predicted molar refractivity (Wildman–Crippen MR) is 73.4 cm³/mol. The second-order valence-electron chi connectivity index (χ2n) is 4.18. The Balaban J connectivity index is 2.28. The highest BCUT2D eigenvalue weighted by atomic mass is 16.2. The van der Waals surface area contributed by atoms with Crippen LogP contribution in [-0.4, -0.2) is 15.9 Å². The van der Waals surface area contributed by atoms with Gasteiger partial charge in [-0.05, 0) is 25.0 Å². The molecule has 2 aromatic rings. The van der Waals surface area contributed by atoms with Crippen LogP contribution in [0.5, 0.6) is 0 Å². The Labute approximate surface area is 110 Å². The number of hydrogen-bond acceptors (Lipinski definition) is 3. The Hall–Kier alpha value is -2.43. The molecule has 0 saturated carbocycles. The summed E-state index contributed by atoms with van der Waals surface area (Å²) in [5.41, 5.74) is 1.32. The summed E-state index contributed by atoms with van der Waals surface area (Å²) in [4.78, 5) is 30.1. The summed E-state index contributed by atoms with van der Waals surface area (Å²) in [5, 5.41) is 2.74. The number of amides is 1. The fourth-order valence-corrected chi connectivity index (χ4v) is 1.79. The average Bonchev–Trinajstić information content (AvgIpc) is 2.39. The summed E-state index contributed by atoms with van der Waals surface area (Å²) >= 11 is 0. The van der Waals surface area contributed by atoms with E-state index in [4.69, 9.17) is 0 Å². The van der Waals surface area contributed by atoms with Crippen molar-refractivity contribution in [2.45, 2.75) is 20.3 Å². The number of aromatic nitrogens is 2. The summed E-state index contributed by atoms with van der Waals surface area (Å²) < 4.78 is 0. The van der Waals surface area contributed by atoms with E-state index in [-0.39, 0.29) is 5.56 Å². The molecule has 5 heteroatoms. The normalized spacial score (nSPS) is 10.2. The van der Waals surface area contributed by atoms with Gasteiger partial charge < -0.3 is 10.3 Å². The van der Waals surface area contributed by atoms with E-state index in [1.807, 2.05) is 31.2 Å². The number of carbonyl (C=O) groups is 1. The fourth-order valence-electron chi connectivity index (χ4n) is 1.79. The predicted octanol–water partition coefficient (Wildman–Crippen LogP) is 1.89. The Morgan fingerprint density at radius 2 is 2.11 bits per heavy atom. The zero-order valence-electron chi connectivity index (χ0n) is 10.9. The van der Waals surface area contributed by atoms with Crippen LogP contribution in [-0.2, 0) is 6.42 Å². The fraction of sp³-hybridized carbons (Fsp3) is 0.214.